The predicted octanol–water partition coefficient (Wildman–Crippen LogP) is 4.21. The highest BCUT2D eigenvalue weighted by molar-refractivity contribution is 6.04. The van der Waals surface area contributed by atoms with Crippen LogP contribution in [0.15, 0.2) is 24.3 Å². The summed E-state index contributed by atoms with van der Waals surface area (Å²) in [7, 11) is 0. The molecule has 2 fully saturated rings. The summed E-state index contributed by atoms with van der Waals surface area (Å²) in [5, 5.41) is 3.27. The summed E-state index contributed by atoms with van der Waals surface area (Å²) in [6, 6.07) is 7.70. The number of benzene rings is 1. The zero-order chi connectivity index (χ0) is 18.1. The lowest BCUT2D eigenvalue weighted by atomic mass is 9.86. The molecule has 1 N–H and O–H groups in total. The van der Waals surface area contributed by atoms with Gasteiger partial charge in [0.2, 0.25) is 5.91 Å². The van der Waals surface area contributed by atoms with E-state index < -0.39 is 6.04 Å². The average Bonchev–Trinajstić information content (AvgIpc) is 2.96. The summed E-state index contributed by atoms with van der Waals surface area (Å²) in [6.45, 7) is 2.28. The van der Waals surface area contributed by atoms with E-state index in [1.807, 2.05) is 29.2 Å². The van der Waals surface area contributed by atoms with Crippen molar-refractivity contribution in [1.82, 2.24) is 10.2 Å². The van der Waals surface area contributed by atoms with Crippen molar-refractivity contribution in [3.63, 3.8) is 0 Å². The molecular formula is C22H30N2O2. The van der Waals surface area contributed by atoms with Gasteiger partial charge in [-0.1, -0.05) is 44.4 Å². The van der Waals surface area contributed by atoms with Crippen molar-refractivity contribution in [2.75, 3.05) is 0 Å². The number of carbonyl (C=O) groups excluding carboxylic acids is 2. The number of amides is 2. The Hall–Kier alpha value is -1.84. The van der Waals surface area contributed by atoms with Gasteiger partial charge < -0.3 is 10.2 Å². The molecule has 4 rings (SSSR count). The van der Waals surface area contributed by atoms with Crippen LogP contribution < -0.4 is 5.32 Å². The van der Waals surface area contributed by atoms with Crippen LogP contribution in [0.5, 0.6) is 0 Å². The molecule has 1 atom stereocenters. The Labute approximate surface area is 156 Å². The molecule has 0 unspecified atom stereocenters. The number of nitrogens with one attached hydrogen (secondary N) is 1. The molecule has 4 heteroatoms. The molecule has 0 spiro atoms. The zero-order valence-corrected chi connectivity index (χ0v) is 15.7. The van der Waals surface area contributed by atoms with Gasteiger partial charge in [0.1, 0.15) is 6.04 Å². The quantitative estimate of drug-likeness (QED) is 0.884. The molecule has 3 aliphatic rings. The molecule has 1 aromatic carbocycles. The molecule has 0 saturated heterocycles. The number of fused-ring (bicyclic) bond motifs is 1. The van der Waals surface area contributed by atoms with Crippen LogP contribution in [0.2, 0.25) is 0 Å². The summed E-state index contributed by atoms with van der Waals surface area (Å²) in [5.74, 6) is 0.790. The molecule has 4 nitrogen and oxygen atoms in total. The molecule has 1 heterocycles. The minimum atomic E-state index is -0.445. The lowest BCUT2D eigenvalue weighted by Crippen LogP contribution is -2.48. The second-order valence-electron chi connectivity index (χ2n) is 8.46. The Morgan fingerprint density at radius 3 is 2.42 bits per heavy atom. The predicted molar refractivity (Wildman–Crippen MR) is 102 cm³/mol. The second kappa shape index (κ2) is 7.42. The fourth-order valence-corrected chi connectivity index (χ4v) is 5.03. The van der Waals surface area contributed by atoms with Crippen LogP contribution >= 0.6 is 0 Å². The first-order valence-electron chi connectivity index (χ1n) is 10.4. The monoisotopic (exact) mass is 354 g/mol. The van der Waals surface area contributed by atoms with Crippen LogP contribution in [0.4, 0.5) is 0 Å². The minimum absolute atomic E-state index is 0.0221. The molecule has 2 amide bonds. The van der Waals surface area contributed by atoms with E-state index in [4.69, 9.17) is 0 Å². The fraction of sp³-hybridized carbons (Fsp3) is 0.636. The van der Waals surface area contributed by atoms with E-state index in [1.165, 1.54) is 19.3 Å². The van der Waals surface area contributed by atoms with Gasteiger partial charge in [0.15, 0.2) is 0 Å². The summed E-state index contributed by atoms with van der Waals surface area (Å²) in [5.41, 5.74) is 1.61. The number of hydrogen-bond acceptors (Lipinski definition) is 2. The van der Waals surface area contributed by atoms with Gasteiger partial charge in [0.05, 0.1) is 0 Å². The van der Waals surface area contributed by atoms with Gasteiger partial charge in [-0.2, -0.15) is 0 Å². The van der Waals surface area contributed by atoms with Crippen molar-refractivity contribution in [3.05, 3.63) is 35.4 Å². The lowest BCUT2D eigenvalue weighted by molar-refractivity contribution is -0.127. The van der Waals surface area contributed by atoms with E-state index in [1.54, 1.807) is 0 Å². The Morgan fingerprint density at radius 2 is 1.69 bits per heavy atom. The Morgan fingerprint density at radius 1 is 1.00 bits per heavy atom. The van der Waals surface area contributed by atoms with Crippen molar-refractivity contribution >= 4 is 11.8 Å². The third-order valence-corrected chi connectivity index (χ3v) is 6.58. The van der Waals surface area contributed by atoms with Crippen LogP contribution in [0.1, 0.15) is 86.7 Å². The SMILES string of the molecule is CC1CCC(N2C(=O)c3ccccc3[C@@H]2C(=O)NC2CCCCC2)CC1. The first kappa shape index (κ1) is 17.6. The van der Waals surface area contributed by atoms with Crippen LogP contribution in [-0.4, -0.2) is 28.8 Å². The first-order valence-corrected chi connectivity index (χ1v) is 10.4. The van der Waals surface area contributed by atoms with Crippen LogP contribution in [-0.2, 0) is 4.79 Å². The second-order valence-corrected chi connectivity index (χ2v) is 8.46. The molecule has 2 aliphatic carbocycles. The van der Waals surface area contributed by atoms with Crippen LogP contribution in [0.3, 0.4) is 0 Å². The van der Waals surface area contributed by atoms with Gasteiger partial charge in [-0.25, -0.2) is 0 Å². The summed E-state index contributed by atoms with van der Waals surface area (Å²) in [4.78, 5) is 28.3. The maximum absolute atomic E-state index is 13.2. The smallest absolute Gasteiger partial charge is 0.255 e. The maximum atomic E-state index is 13.2. The Balaban J connectivity index is 1.59. The van der Waals surface area contributed by atoms with E-state index in [0.29, 0.717) is 0 Å². The zero-order valence-electron chi connectivity index (χ0n) is 15.7. The summed E-state index contributed by atoms with van der Waals surface area (Å²) >= 11 is 0. The van der Waals surface area contributed by atoms with E-state index in [2.05, 4.69) is 12.2 Å². The van der Waals surface area contributed by atoms with Crippen molar-refractivity contribution in [3.8, 4) is 0 Å². The van der Waals surface area contributed by atoms with Crippen LogP contribution in [0, 0.1) is 5.92 Å². The van der Waals surface area contributed by atoms with E-state index >= 15 is 0 Å². The minimum Gasteiger partial charge on any atom is -0.351 e. The van der Waals surface area contributed by atoms with Gasteiger partial charge in [-0.3, -0.25) is 9.59 Å². The molecule has 0 bridgehead atoms. The van der Waals surface area contributed by atoms with E-state index in [-0.39, 0.29) is 23.9 Å². The molecule has 26 heavy (non-hydrogen) atoms. The van der Waals surface area contributed by atoms with Gasteiger partial charge in [-0.15, -0.1) is 0 Å². The average molecular weight is 354 g/mol. The topological polar surface area (TPSA) is 49.4 Å². The molecule has 140 valence electrons. The largest absolute Gasteiger partial charge is 0.351 e. The highest BCUT2D eigenvalue weighted by atomic mass is 16.2. The Kier molecular flexibility index (Phi) is 5.01. The molecule has 2 saturated carbocycles. The van der Waals surface area contributed by atoms with Crippen molar-refractivity contribution in [1.29, 1.82) is 0 Å². The fourth-order valence-electron chi connectivity index (χ4n) is 5.03. The van der Waals surface area contributed by atoms with Crippen molar-refractivity contribution in [2.24, 2.45) is 5.92 Å². The number of hydrogen-bond donors (Lipinski definition) is 1. The highest BCUT2D eigenvalue weighted by Crippen LogP contribution is 2.40. The number of nitrogens with zero attached hydrogens (tertiary/aromatic N) is 1. The molecule has 0 aromatic heterocycles. The molecule has 1 aliphatic heterocycles. The lowest BCUT2D eigenvalue weighted by Gasteiger charge is -2.37. The van der Waals surface area contributed by atoms with Gasteiger partial charge in [0.25, 0.3) is 5.91 Å². The first-order chi connectivity index (χ1) is 12.6. The third-order valence-electron chi connectivity index (χ3n) is 6.58. The number of carbonyl (C=O) groups is 2. The summed E-state index contributed by atoms with van der Waals surface area (Å²) < 4.78 is 0. The van der Waals surface area contributed by atoms with Crippen molar-refractivity contribution in [2.45, 2.75) is 82.8 Å². The highest BCUT2D eigenvalue weighted by Gasteiger charge is 2.45. The van der Waals surface area contributed by atoms with Gasteiger partial charge in [-0.05, 0) is 56.1 Å². The summed E-state index contributed by atoms with van der Waals surface area (Å²) in [6.07, 6.45) is 10.1. The maximum Gasteiger partial charge on any atom is 0.255 e. The standard InChI is InChI=1S/C22H30N2O2/c1-15-11-13-17(14-12-15)24-20(18-9-5-6-10-19(18)22(24)26)21(25)23-16-7-3-2-4-8-16/h5-6,9-10,15-17,20H,2-4,7-8,11-14H2,1H3,(H,23,25)/t15?,17?,20-/m1/s1. The molecular weight excluding hydrogens is 324 g/mol. The van der Waals surface area contributed by atoms with Crippen LogP contribution in [0.25, 0.3) is 0 Å². The van der Waals surface area contributed by atoms with Gasteiger partial charge >= 0.3 is 0 Å². The molecule has 1 aromatic rings. The van der Waals surface area contributed by atoms with Gasteiger partial charge in [0, 0.05) is 17.6 Å². The van der Waals surface area contributed by atoms with E-state index in [9.17, 15) is 9.59 Å². The molecule has 0 radical (unpaired) electrons. The Bertz CT molecular complexity index is 672. The number of rotatable bonds is 3. The van der Waals surface area contributed by atoms with Crippen molar-refractivity contribution < 1.29 is 9.59 Å². The normalized spacial score (nSPS) is 29.5. The van der Waals surface area contributed by atoms with E-state index in [0.717, 1.165) is 55.6 Å². The third kappa shape index (κ3) is 3.26.